The smallest absolute Gasteiger partial charge is 0.103 e. The molecular weight excluding hydrogens is 126 g/mol. The second kappa shape index (κ2) is 2.89. The zero-order chi connectivity index (χ0) is 7.72. The van der Waals surface area contributed by atoms with Gasteiger partial charge in [0.05, 0.1) is 13.1 Å². The highest BCUT2D eigenvalue weighted by Gasteiger charge is 2.30. The summed E-state index contributed by atoms with van der Waals surface area (Å²) >= 11 is 0. The first-order valence-corrected chi connectivity index (χ1v) is 4.11. The van der Waals surface area contributed by atoms with Gasteiger partial charge in [-0.2, -0.15) is 0 Å². The van der Waals surface area contributed by atoms with Crippen LogP contribution in [0, 0.1) is 5.92 Å². The van der Waals surface area contributed by atoms with Crippen LogP contribution >= 0.6 is 0 Å². The van der Waals surface area contributed by atoms with Crippen molar-refractivity contribution in [3.63, 3.8) is 0 Å². The van der Waals surface area contributed by atoms with Crippen LogP contribution in [-0.2, 0) is 0 Å². The van der Waals surface area contributed by atoms with Crippen molar-refractivity contribution >= 4 is 0 Å². The van der Waals surface area contributed by atoms with E-state index in [2.05, 4.69) is 20.9 Å². The minimum absolute atomic E-state index is 0.0637. The molecule has 0 aliphatic carbocycles. The number of likely N-dealkylation sites (N-methyl/N-ethyl adjacent to an activating group) is 1. The van der Waals surface area contributed by atoms with Crippen LogP contribution in [0.15, 0.2) is 0 Å². The Morgan fingerprint density at radius 2 is 2.00 bits per heavy atom. The Kier molecular flexibility index (Phi) is 2.32. The molecule has 0 aromatic rings. The van der Waals surface area contributed by atoms with Crippen molar-refractivity contribution in [2.45, 2.75) is 32.4 Å². The molecule has 1 aliphatic rings. The number of aliphatic hydroxyl groups excluding tert-OH is 1. The van der Waals surface area contributed by atoms with E-state index in [0.29, 0.717) is 12.0 Å². The minimum atomic E-state index is -0.0637. The van der Waals surface area contributed by atoms with Gasteiger partial charge in [0, 0.05) is 5.92 Å². The zero-order valence-electron chi connectivity index (χ0n) is 7.09. The summed E-state index contributed by atoms with van der Waals surface area (Å²) in [5.74, 6) is 0.670. The van der Waals surface area contributed by atoms with Crippen molar-refractivity contribution in [3.05, 3.63) is 0 Å². The van der Waals surface area contributed by atoms with Gasteiger partial charge in [0.1, 0.15) is 12.6 Å². The van der Waals surface area contributed by atoms with Gasteiger partial charge >= 0.3 is 0 Å². The van der Waals surface area contributed by atoms with Gasteiger partial charge in [-0.3, -0.25) is 0 Å². The highest BCUT2D eigenvalue weighted by molar-refractivity contribution is 4.69. The van der Waals surface area contributed by atoms with Gasteiger partial charge in [-0.05, 0) is 13.3 Å². The zero-order valence-corrected chi connectivity index (χ0v) is 7.09. The first kappa shape index (κ1) is 8.02. The lowest BCUT2D eigenvalue weighted by Crippen LogP contribution is -3.15. The van der Waals surface area contributed by atoms with Crippen LogP contribution in [0.4, 0.5) is 0 Å². The van der Waals surface area contributed by atoms with Gasteiger partial charge in [0.15, 0.2) is 0 Å². The number of quaternary nitrogens is 1. The average Bonchev–Trinajstić information content (AvgIpc) is 1.82. The van der Waals surface area contributed by atoms with E-state index < -0.39 is 0 Å². The standard InChI is InChI=1S/C8H17NO/c1-6-4-8(10)5-9(3)7(6)2/h6-8,10H,4-5H2,1-3H3/p+1/t6-,7-,8-/m1/s1. The van der Waals surface area contributed by atoms with E-state index in [-0.39, 0.29) is 6.10 Å². The molecule has 4 atom stereocenters. The summed E-state index contributed by atoms with van der Waals surface area (Å²) in [5, 5.41) is 9.35. The van der Waals surface area contributed by atoms with Crippen molar-refractivity contribution in [3.8, 4) is 0 Å². The molecule has 0 spiro atoms. The quantitative estimate of drug-likeness (QED) is 0.461. The number of likely N-dealkylation sites (tertiary alicyclic amines) is 1. The number of rotatable bonds is 0. The first-order valence-electron chi connectivity index (χ1n) is 4.11. The Morgan fingerprint density at radius 1 is 1.40 bits per heavy atom. The van der Waals surface area contributed by atoms with E-state index in [0.717, 1.165) is 13.0 Å². The molecule has 0 saturated carbocycles. The van der Waals surface area contributed by atoms with Crippen molar-refractivity contribution in [2.24, 2.45) is 5.92 Å². The molecule has 0 aromatic carbocycles. The van der Waals surface area contributed by atoms with Gasteiger partial charge in [0.2, 0.25) is 0 Å². The van der Waals surface area contributed by atoms with Gasteiger partial charge in [0.25, 0.3) is 0 Å². The fourth-order valence-electron chi connectivity index (χ4n) is 1.76. The number of nitrogens with one attached hydrogen (secondary N) is 1. The molecule has 2 heteroatoms. The summed E-state index contributed by atoms with van der Waals surface area (Å²) in [6.07, 6.45) is 0.921. The third kappa shape index (κ3) is 1.50. The van der Waals surface area contributed by atoms with E-state index in [1.165, 1.54) is 4.90 Å². The third-order valence-electron chi connectivity index (χ3n) is 2.83. The topological polar surface area (TPSA) is 24.7 Å². The first-order chi connectivity index (χ1) is 4.61. The van der Waals surface area contributed by atoms with E-state index in [1.54, 1.807) is 0 Å². The molecule has 2 nitrogen and oxygen atoms in total. The van der Waals surface area contributed by atoms with Crippen molar-refractivity contribution < 1.29 is 10.0 Å². The number of hydrogen-bond acceptors (Lipinski definition) is 1. The highest BCUT2D eigenvalue weighted by atomic mass is 16.3. The summed E-state index contributed by atoms with van der Waals surface area (Å²) in [6.45, 7) is 5.40. The normalized spacial score (nSPS) is 49.2. The maximum absolute atomic E-state index is 9.35. The predicted octanol–water partition coefficient (Wildman–Crippen LogP) is -0.710. The largest absolute Gasteiger partial charge is 0.387 e. The fraction of sp³-hybridized carbons (Fsp3) is 1.00. The lowest BCUT2D eigenvalue weighted by Gasteiger charge is -2.34. The molecule has 1 aliphatic heterocycles. The van der Waals surface area contributed by atoms with Crippen LogP contribution < -0.4 is 4.90 Å². The number of aliphatic hydroxyl groups is 1. The fourth-order valence-corrected chi connectivity index (χ4v) is 1.76. The summed E-state index contributed by atoms with van der Waals surface area (Å²) in [4.78, 5) is 1.46. The molecule has 2 N–H and O–H groups in total. The van der Waals surface area contributed by atoms with E-state index in [1.807, 2.05) is 0 Å². The monoisotopic (exact) mass is 144 g/mol. The van der Waals surface area contributed by atoms with Gasteiger partial charge in [-0.1, -0.05) is 6.92 Å². The molecule has 1 fully saturated rings. The second-order valence-electron chi connectivity index (χ2n) is 3.71. The minimum Gasteiger partial charge on any atom is -0.387 e. The van der Waals surface area contributed by atoms with Gasteiger partial charge in [-0.25, -0.2) is 0 Å². The molecule has 1 saturated heterocycles. The molecule has 1 rings (SSSR count). The molecule has 0 radical (unpaired) electrons. The molecule has 0 amide bonds. The van der Waals surface area contributed by atoms with Crippen molar-refractivity contribution in [2.75, 3.05) is 13.6 Å². The maximum Gasteiger partial charge on any atom is 0.103 e. The Morgan fingerprint density at radius 3 is 2.50 bits per heavy atom. The van der Waals surface area contributed by atoms with Crippen LogP contribution in [0.5, 0.6) is 0 Å². The Hall–Kier alpha value is -0.0800. The molecule has 0 aromatic heterocycles. The summed E-state index contributed by atoms with van der Waals surface area (Å²) in [7, 11) is 2.16. The summed E-state index contributed by atoms with van der Waals surface area (Å²) in [6, 6.07) is 0.711. The third-order valence-corrected chi connectivity index (χ3v) is 2.83. The Balaban J connectivity index is 2.49. The highest BCUT2D eigenvalue weighted by Crippen LogP contribution is 2.11. The summed E-state index contributed by atoms with van der Waals surface area (Å²) in [5.41, 5.74) is 0. The molecule has 10 heavy (non-hydrogen) atoms. The van der Waals surface area contributed by atoms with Crippen LogP contribution in [0.25, 0.3) is 0 Å². The maximum atomic E-state index is 9.35. The van der Waals surface area contributed by atoms with Crippen LogP contribution in [0.3, 0.4) is 0 Å². The molecule has 0 bridgehead atoms. The predicted molar refractivity (Wildman–Crippen MR) is 41.0 cm³/mol. The molecule has 1 unspecified atom stereocenters. The summed E-state index contributed by atoms with van der Waals surface area (Å²) < 4.78 is 0. The SMILES string of the molecule is C[C@@H]1C[C@@H](O)C[NH+](C)[C@@H]1C. The van der Waals surface area contributed by atoms with Crippen LogP contribution in [-0.4, -0.2) is 30.8 Å². The number of hydrogen-bond donors (Lipinski definition) is 2. The van der Waals surface area contributed by atoms with E-state index in [9.17, 15) is 5.11 Å². The Labute approximate surface area is 62.8 Å². The van der Waals surface area contributed by atoms with E-state index in [4.69, 9.17) is 0 Å². The average molecular weight is 144 g/mol. The van der Waals surface area contributed by atoms with Crippen LogP contribution in [0.1, 0.15) is 20.3 Å². The van der Waals surface area contributed by atoms with Crippen molar-refractivity contribution in [1.29, 1.82) is 0 Å². The van der Waals surface area contributed by atoms with Crippen LogP contribution in [0.2, 0.25) is 0 Å². The van der Waals surface area contributed by atoms with Gasteiger partial charge < -0.3 is 10.0 Å². The molecule has 1 heterocycles. The van der Waals surface area contributed by atoms with Crippen molar-refractivity contribution in [1.82, 2.24) is 0 Å². The van der Waals surface area contributed by atoms with Gasteiger partial charge in [-0.15, -0.1) is 0 Å². The molecule has 60 valence electrons. The second-order valence-corrected chi connectivity index (χ2v) is 3.71. The number of piperidine rings is 1. The lowest BCUT2D eigenvalue weighted by molar-refractivity contribution is -0.917. The molecular formula is C8H18NO+. The van der Waals surface area contributed by atoms with E-state index >= 15 is 0 Å². The Bertz CT molecular complexity index is 104. The lowest BCUT2D eigenvalue weighted by atomic mass is 9.91.